The second-order valence-electron chi connectivity index (χ2n) is 5.12. The summed E-state index contributed by atoms with van der Waals surface area (Å²) < 4.78 is 0. The fraction of sp³-hybridized carbons (Fsp3) is 0.400. The van der Waals surface area contributed by atoms with Gasteiger partial charge in [0.1, 0.15) is 5.01 Å². The number of benzene rings is 1. The molecule has 1 N–H and O–H groups in total. The van der Waals surface area contributed by atoms with Crippen molar-refractivity contribution in [2.24, 2.45) is 0 Å². The Morgan fingerprint density at radius 3 is 2.56 bits per heavy atom. The quantitative estimate of drug-likeness (QED) is 0.892. The molecule has 0 spiro atoms. The third kappa shape index (κ3) is 1.98. The zero-order valence-electron chi connectivity index (χ0n) is 11.1. The van der Waals surface area contributed by atoms with Crippen LogP contribution in [-0.2, 0) is 0 Å². The van der Waals surface area contributed by atoms with E-state index in [0.29, 0.717) is 5.92 Å². The Balaban J connectivity index is 1.98. The maximum Gasteiger partial charge on any atom is 0.123 e. The van der Waals surface area contributed by atoms with Crippen LogP contribution >= 0.6 is 11.3 Å². The molecular weight excluding hydrogens is 240 g/mol. The maximum atomic E-state index is 4.75. The first-order valence-electron chi connectivity index (χ1n) is 6.41. The number of hydrogen-bond acceptors (Lipinski definition) is 3. The molecule has 94 valence electrons. The minimum absolute atomic E-state index is 0.683. The lowest BCUT2D eigenvalue weighted by Gasteiger charge is -2.26. The summed E-state index contributed by atoms with van der Waals surface area (Å²) in [6, 6.07) is 6.62. The summed E-state index contributed by atoms with van der Waals surface area (Å²) in [6.07, 6.45) is 0. The molecule has 3 heteroatoms. The van der Waals surface area contributed by atoms with Gasteiger partial charge in [-0.3, -0.25) is 0 Å². The molecule has 3 rings (SSSR count). The van der Waals surface area contributed by atoms with Gasteiger partial charge in [-0.05, 0) is 38.0 Å². The van der Waals surface area contributed by atoms with Crippen LogP contribution in [0.1, 0.15) is 27.6 Å². The van der Waals surface area contributed by atoms with Crippen molar-refractivity contribution in [3.8, 4) is 10.6 Å². The van der Waals surface area contributed by atoms with Gasteiger partial charge in [-0.15, -0.1) is 11.3 Å². The number of hydrogen-bond donors (Lipinski definition) is 1. The highest BCUT2D eigenvalue weighted by Crippen LogP contribution is 2.34. The average molecular weight is 258 g/mol. The molecule has 1 aliphatic rings. The molecule has 0 atom stereocenters. The van der Waals surface area contributed by atoms with Gasteiger partial charge >= 0.3 is 0 Å². The first kappa shape index (κ1) is 11.9. The Labute approximate surface area is 112 Å². The summed E-state index contributed by atoms with van der Waals surface area (Å²) in [7, 11) is 0. The number of aromatic nitrogens is 1. The maximum absolute atomic E-state index is 4.75. The van der Waals surface area contributed by atoms with Crippen molar-refractivity contribution in [1.29, 1.82) is 0 Å². The third-order valence-electron chi connectivity index (χ3n) is 3.74. The van der Waals surface area contributed by atoms with Gasteiger partial charge in [0.05, 0.1) is 5.69 Å². The molecule has 0 amide bonds. The number of rotatable bonds is 2. The van der Waals surface area contributed by atoms with Gasteiger partial charge in [0.25, 0.3) is 0 Å². The van der Waals surface area contributed by atoms with E-state index in [0.717, 1.165) is 18.1 Å². The Hall–Kier alpha value is -1.19. The van der Waals surface area contributed by atoms with Crippen LogP contribution in [0.3, 0.4) is 0 Å². The lowest BCUT2D eigenvalue weighted by molar-refractivity contribution is 0.452. The van der Waals surface area contributed by atoms with Crippen molar-refractivity contribution in [2.75, 3.05) is 13.1 Å². The molecular formula is C15H18N2S. The van der Waals surface area contributed by atoms with E-state index in [9.17, 15) is 0 Å². The van der Waals surface area contributed by atoms with Crippen LogP contribution in [-0.4, -0.2) is 18.1 Å². The monoisotopic (exact) mass is 258 g/mol. The molecule has 18 heavy (non-hydrogen) atoms. The highest BCUT2D eigenvalue weighted by Gasteiger charge is 2.24. The van der Waals surface area contributed by atoms with Gasteiger partial charge in [0.15, 0.2) is 0 Å². The summed E-state index contributed by atoms with van der Waals surface area (Å²) in [5.74, 6) is 0.683. The number of thiazole rings is 1. The van der Waals surface area contributed by atoms with Crippen molar-refractivity contribution >= 4 is 11.3 Å². The molecule has 0 unspecified atom stereocenters. The van der Waals surface area contributed by atoms with E-state index in [4.69, 9.17) is 4.98 Å². The first-order valence-corrected chi connectivity index (χ1v) is 7.22. The van der Waals surface area contributed by atoms with Gasteiger partial charge in [0, 0.05) is 29.4 Å². The third-order valence-corrected chi connectivity index (χ3v) is 5.11. The minimum Gasteiger partial charge on any atom is -0.315 e. The summed E-state index contributed by atoms with van der Waals surface area (Å²) >= 11 is 1.86. The smallest absolute Gasteiger partial charge is 0.123 e. The van der Waals surface area contributed by atoms with Crippen molar-refractivity contribution in [3.05, 3.63) is 39.9 Å². The average Bonchev–Trinajstić information content (AvgIpc) is 2.63. The van der Waals surface area contributed by atoms with Crippen LogP contribution in [0, 0.1) is 20.8 Å². The molecule has 1 aromatic heterocycles. The van der Waals surface area contributed by atoms with E-state index in [1.54, 1.807) is 0 Å². The molecule has 0 bridgehead atoms. The lowest BCUT2D eigenvalue weighted by Crippen LogP contribution is -2.39. The van der Waals surface area contributed by atoms with Crippen LogP contribution in [0.25, 0.3) is 10.6 Å². The Bertz CT molecular complexity index is 582. The van der Waals surface area contributed by atoms with E-state index in [-0.39, 0.29) is 0 Å². The van der Waals surface area contributed by atoms with Crippen LogP contribution in [0.15, 0.2) is 18.2 Å². The number of nitrogens with one attached hydrogen (secondary N) is 1. The normalized spacial score (nSPS) is 15.7. The number of aryl methyl sites for hydroxylation is 3. The van der Waals surface area contributed by atoms with Crippen LogP contribution in [0.4, 0.5) is 0 Å². The molecule has 2 nitrogen and oxygen atoms in total. The molecule has 0 aliphatic carbocycles. The fourth-order valence-electron chi connectivity index (χ4n) is 2.26. The van der Waals surface area contributed by atoms with E-state index in [1.165, 1.54) is 27.3 Å². The standard InChI is InChI=1S/C15H18N2S/c1-9-4-5-12(6-10(9)2)15-17-11(3)14(18-15)13-7-16-8-13/h4-6,13,16H,7-8H2,1-3H3. The summed E-state index contributed by atoms with van der Waals surface area (Å²) in [6.45, 7) is 8.66. The van der Waals surface area contributed by atoms with Crippen molar-refractivity contribution < 1.29 is 0 Å². The van der Waals surface area contributed by atoms with Gasteiger partial charge < -0.3 is 5.32 Å². The first-order chi connectivity index (χ1) is 8.65. The Morgan fingerprint density at radius 1 is 1.17 bits per heavy atom. The number of nitrogens with zero attached hydrogens (tertiary/aromatic N) is 1. The van der Waals surface area contributed by atoms with Gasteiger partial charge in [-0.2, -0.15) is 0 Å². The van der Waals surface area contributed by atoms with E-state index in [2.05, 4.69) is 44.3 Å². The zero-order valence-corrected chi connectivity index (χ0v) is 11.9. The summed E-state index contributed by atoms with van der Waals surface area (Å²) in [5, 5.41) is 4.50. The fourth-order valence-corrected chi connectivity index (χ4v) is 3.42. The minimum atomic E-state index is 0.683. The topological polar surface area (TPSA) is 24.9 Å². The Morgan fingerprint density at radius 2 is 1.94 bits per heavy atom. The molecule has 1 fully saturated rings. The lowest BCUT2D eigenvalue weighted by atomic mass is 10.0. The molecule has 1 aliphatic heterocycles. The highest BCUT2D eigenvalue weighted by molar-refractivity contribution is 7.15. The molecule has 2 aromatic rings. The van der Waals surface area contributed by atoms with Crippen LogP contribution in [0.5, 0.6) is 0 Å². The molecule has 1 saturated heterocycles. The van der Waals surface area contributed by atoms with Gasteiger partial charge in [-0.1, -0.05) is 12.1 Å². The van der Waals surface area contributed by atoms with Crippen LogP contribution < -0.4 is 5.32 Å². The summed E-state index contributed by atoms with van der Waals surface area (Å²) in [4.78, 5) is 6.21. The van der Waals surface area contributed by atoms with Gasteiger partial charge in [-0.25, -0.2) is 4.98 Å². The van der Waals surface area contributed by atoms with Crippen LogP contribution in [0.2, 0.25) is 0 Å². The largest absolute Gasteiger partial charge is 0.315 e. The van der Waals surface area contributed by atoms with Crippen molar-refractivity contribution in [2.45, 2.75) is 26.7 Å². The highest BCUT2D eigenvalue weighted by atomic mass is 32.1. The predicted molar refractivity (Wildman–Crippen MR) is 77.4 cm³/mol. The van der Waals surface area contributed by atoms with Gasteiger partial charge in [0.2, 0.25) is 0 Å². The zero-order chi connectivity index (χ0) is 12.7. The summed E-state index contributed by atoms with van der Waals surface area (Å²) in [5.41, 5.74) is 5.15. The SMILES string of the molecule is Cc1ccc(-c2nc(C)c(C3CNC3)s2)cc1C. The molecule has 0 radical (unpaired) electrons. The second kappa shape index (κ2) is 4.48. The molecule has 0 saturated carbocycles. The van der Waals surface area contributed by atoms with Crippen molar-refractivity contribution in [1.82, 2.24) is 10.3 Å². The molecule has 2 heterocycles. The second-order valence-corrected chi connectivity index (χ2v) is 6.15. The van der Waals surface area contributed by atoms with E-state index < -0.39 is 0 Å². The van der Waals surface area contributed by atoms with Crippen molar-refractivity contribution in [3.63, 3.8) is 0 Å². The van der Waals surface area contributed by atoms with E-state index >= 15 is 0 Å². The predicted octanol–water partition coefficient (Wildman–Crippen LogP) is 3.42. The van der Waals surface area contributed by atoms with E-state index in [1.807, 2.05) is 11.3 Å². The molecule has 1 aromatic carbocycles. The Kier molecular flexibility index (Phi) is 2.96.